The number of nitrogens with zero attached hydrogens (tertiary/aromatic N) is 4. The molecule has 0 fully saturated rings. The molecule has 3 aromatic rings. The molecule has 0 atom stereocenters. The molecule has 0 aliphatic carbocycles. The Balaban J connectivity index is 1.88. The molecule has 0 unspecified atom stereocenters. The van der Waals surface area contributed by atoms with E-state index in [1.165, 1.54) is 23.9 Å². The maximum absolute atomic E-state index is 13.8. The van der Waals surface area contributed by atoms with E-state index in [0.29, 0.717) is 11.6 Å². The molecule has 0 aliphatic heterocycles. The van der Waals surface area contributed by atoms with Crippen molar-refractivity contribution in [3.05, 3.63) is 47.7 Å². The van der Waals surface area contributed by atoms with Crippen LogP contribution < -0.4 is 0 Å². The smallest absolute Gasteiger partial charge is 0.191 e. The molecule has 0 amide bonds. The van der Waals surface area contributed by atoms with Crippen LogP contribution in [0, 0.1) is 5.82 Å². The zero-order valence-electron chi connectivity index (χ0n) is 12.7. The highest BCUT2D eigenvalue weighted by atomic mass is 32.2. The predicted molar refractivity (Wildman–Crippen MR) is 87.5 cm³/mol. The van der Waals surface area contributed by atoms with E-state index in [0.717, 1.165) is 34.6 Å². The summed E-state index contributed by atoms with van der Waals surface area (Å²) in [5.41, 5.74) is 1.62. The second kappa shape index (κ2) is 7.06. The van der Waals surface area contributed by atoms with Crippen molar-refractivity contribution < 1.29 is 9.50 Å². The third-order valence-electron chi connectivity index (χ3n) is 3.49. The van der Waals surface area contributed by atoms with Gasteiger partial charge in [-0.3, -0.25) is 4.98 Å². The SMILES string of the molecule is CCCn1c(CO)nnc1SCc1cc(F)cc2cccnc12. The number of hydrogen-bond acceptors (Lipinski definition) is 5. The third-order valence-corrected chi connectivity index (χ3v) is 4.50. The topological polar surface area (TPSA) is 63.8 Å². The van der Waals surface area contributed by atoms with E-state index in [4.69, 9.17) is 0 Å². The minimum Gasteiger partial charge on any atom is -0.388 e. The number of pyridine rings is 1. The van der Waals surface area contributed by atoms with Gasteiger partial charge in [-0.15, -0.1) is 10.2 Å². The average molecular weight is 332 g/mol. The summed E-state index contributed by atoms with van der Waals surface area (Å²) >= 11 is 1.47. The summed E-state index contributed by atoms with van der Waals surface area (Å²) in [7, 11) is 0. The number of rotatable bonds is 6. The Morgan fingerprint density at radius 2 is 2.17 bits per heavy atom. The van der Waals surface area contributed by atoms with Gasteiger partial charge in [0.1, 0.15) is 12.4 Å². The minimum atomic E-state index is -0.271. The van der Waals surface area contributed by atoms with Gasteiger partial charge in [0.05, 0.1) is 5.52 Å². The van der Waals surface area contributed by atoms with Gasteiger partial charge in [0, 0.05) is 23.9 Å². The first-order chi connectivity index (χ1) is 11.2. The fraction of sp³-hybridized carbons (Fsp3) is 0.312. The number of aromatic nitrogens is 4. The second-order valence-electron chi connectivity index (χ2n) is 5.14. The lowest BCUT2D eigenvalue weighted by Gasteiger charge is -2.08. The Hall–Kier alpha value is -1.99. The molecule has 7 heteroatoms. The van der Waals surface area contributed by atoms with Crippen LogP contribution in [0.15, 0.2) is 35.6 Å². The van der Waals surface area contributed by atoms with E-state index < -0.39 is 0 Å². The summed E-state index contributed by atoms with van der Waals surface area (Å²) in [6.45, 7) is 2.66. The maximum atomic E-state index is 13.8. The van der Waals surface area contributed by atoms with Gasteiger partial charge in [0.15, 0.2) is 11.0 Å². The molecular formula is C16H17FN4OS. The Labute approximate surface area is 137 Å². The monoisotopic (exact) mass is 332 g/mol. The number of benzene rings is 1. The highest BCUT2D eigenvalue weighted by molar-refractivity contribution is 7.98. The molecular weight excluding hydrogens is 315 g/mol. The number of thioether (sulfide) groups is 1. The minimum absolute atomic E-state index is 0.141. The second-order valence-corrected chi connectivity index (χ2v) is 6.08. The van der Waals surface area contributed by atoms with Crippen LogP contribution in [0.4, 0.5) is 4.39 Å². The van der Waals surface area contributed by atoms with Crippen LogP contribution in [0.3, 0.4) is 0 Å². The highest BCUT2D eigenvalue weighted by Gasteiger charge is 2.13. The molecule has 0 aliphatic rings. The van der Waals surface area contributed by atoms with Crippen molar-refractivity contribution in [2.24, 2.45) is 0 Å². The molecule has 1 N–H and O–H groups in total. The van der Waals surface area contributed by atoms with Crippen LogP contribution in [0.1, 0.15) is 24.7 Å². The normalized spacial score (nSPS) is 11.3. The molecule has 0 saturated carbocycles. The Morgan fingerprint density at radius 3 is 2.96 bits per heavy atom. The molecule has 0 bridgehead atoms. The quantitative estimate of drug-likeness (QED) is 0.703. The molecule has 0 spiro atoms. The summed E-state index contributed by atoms with van der Waals surface area (Å²) in [4.78, 5) is 4.35. The number of halogens is 1. The van der Waals surface area contributed by atoms with Gasteiger partial charge in [-0.2, -0.15) is 0 Å². The lowest BCUT2D eigenvalue weighted by molar-refractivity contribution is 0.263. The van der Waals surface area contributed by atoms with E-state index in [-0.39, 0.29) is 12.4 Å². The van der Waals surface area contributed by atoms with Crippen molar-refractivity contribution in [2.45, 2.75) is 37.4 Å². The van der Waals surface area contributed by atoms with Crippen molar-refractivity contribution in [3.8, 4) is 0 Å². The molecule has 23 heavy (non-hydrogen) atoms. The highest BCUT2D eigenvalue weighted by Crippen LogP contribution is 2.27. The largest absolute Gasteiger partial charge is 0.388 e. The number of hydrogen-bond donors (Lipinski definition) is 1. The maximum Gasteiger partial charge on any atom is 0.191 e. The summed E-state index contributed by atoms with van der Waals surface area (Å²) in [5.74, 6) is 0.821. The number of aliphatic hydroxyl groups is 1. The molecule has 2 aromatic heterocycles. The van der Waals surface area contributed by atoms with E-state index in [1.807, 2.05) is 10.6 Å². The standard InChI is InChI=1S/C16H17FN4OS/c1-2-6-21-14(9-22)19-20-16(21)23-10-12-8-13(17)7-11-4-3-5-18-15(11)12/h3-5,7-8,22H,2,6,9-10H2,1H3. The Bertz CT molecular complexity index is 821. The van der Waals surface area contributed by atoms with Gasteiger partial charge in [0.2, 0.25) is 0 Å². The molecule has 5 nitrogen and oxygen atoms in total. The number of aliphatic hydroxyl groups excluding tert-OH is 1. The Kier molecular flexibility index (Phi) is 4.88. The Morgan fingerprint density at radius 1 is 1.30 bits per heavy atom. The fourth-order valence-corrected chi connectivity index (χ4v) is 3.43. The first-order valence-electron chi connectivity index (χ1n) is 7.41. The summed E-state index contributed by atoms with van der Waals surface area (Å²) in [6.07, 6.45) is 2.63. The molecule has 1 aromatic carbocycles. The molecule has 2 heterocycles. The van der Waals surface area contributed by atoms with Crippen molar-refractivity contribution >= 4 is 22.7 Å². The van der Waals surface area contributed by atoms with Crippen molar-refractivity contribution in [1.29, 1.82) is 0 Å². The van der Waals surface area contributed by atoms with Crippen molar-refractivity contribution in [2.75, 3.05) is 0 Å². The van der Waals surface area contributed by atoms with E-state index in [9.17, 15) is 9.50 Å². The van der Waals surface area contributed by atoms with Crippen LogP contribution in [-0.4, -0.2) is 24.9 Å². The first kappa shape index (κ1) is 15.9. The summed E-state index contributed by atoms with van der Waals surface area (Å²) in [6, 6.07) is 6.64. The molecule has 0 radical (unpaired) electrons. The fourth-order valence-electron chi connectivity index (χ4n) is 2.47. The van der Waals surface area contributed by atoms with Crippen molar-refractivity contribution in [3.63, 3.8) is 0 Å². The lowest BCUT2D eigenvalue weighted by atomic mass is 10.1. The van der Waals surface area contributed by atoms with Crippen LogP contribution in [0.5, 0.6) is 0 Å². The third kappa shape index (κ3) is 3.35. The van der Waals surface area contributed by atoms with Crippen LogP contribution in [0.2, 0.25) is 0 Å². The zero-order valence-corrected chi connectivity index (χ0v) is 13.6. The van der Waals surface area contributed by atoms with Gasteiger partial charge in [-0.05, 0) is 30.2 Å². The number of fused-ring (bicyclic) bond motifs is 1. The first-order valence-corrected chi connectivity index (χ1v) is 8.40. The van der Waals surface area contributed by atoms with Gasteiger partial charge in [0.25, 0.3) is 0 Å². The molecule has 3 rings (SSSR count). The average Bonchev–Trinajstić information content (AvgIpc) is 2.95. The van der Waals surface area contributed by atoms with E-state index in [2.05, 4.69) is 22.1 Å². The van der Waals surface area contributed by atoms with Crippen LogP contribution >= 0.6 is 11.8 Å². The zero-order chi connectivity index (χ0) is 16.2. The van der Waals surface area contributed by atoms with Gasteiger partial charge in [-0.25, -0.2) is 4.39 Å². The summed E-state index contributed by atoms with van der Waals surface area (Å²) in [5, 5.41) is 19.0. The van der Waals surface area contributed by atoms with E-state index in [1.54, 1.807) is 12.3 Å². The van der Waals surface area contributed by atoms with Crippen molar-refractivity contribution in [1.82, 2.24) is 19.7 Å². The van der Waals surface area contributed by atoms with Crippen LogP contribution in [-0.2, 0) is 18.9 Å². The molecule has 120 valence electrons. The summed E-state index contributed by atoms with van der Waals surface area (Å²) < 4.78 is 15.7. The predicted octanol–water partition coefficient (Wildman–Crippen LogP) is 3.16. The van der Waals surface area contributed by atoms with Gasteiger partial charge < -0.3 is 9.67 Å². The van der Waals surface area contributed by atoms with Gasteiger partial charge >= 0.3 is 0 Å². The van der Waals surface area contributed by atoms with Crippen LogP contribution in [0.25, 0.3) is 10.9 Å². The van der Waals surface area contributed by atoms with Gasteiger partial charge in [-0.1, -0.05) is 24.8 Å². The molecule has 0 saturated heterocycles. The van der Waals surface area contributed by atoms with E-state index >= 15 is 0 Å². The lowest BCUT2D eigenvalue weighted by Crippen LogP contribution is -2.04.